The standard InChI is InChI=1S/C26H32ClN3O3/c27-22-6-8-24(9-7-22)33-19-25(31)30-16-12-23(13-17-30)29-14-10-21(11-15-29)26(32)28-18-20-4-2-1-3-5-20/h1-9,21,23H,10-19H2,(H,28,32). The van der Waals surface area contributed by atoms with Crippen LogP contribution in [0.1, 0.15) is 31.2 Å². The fourth-order valence-electron chi connectivity index (χ4n) is 4.70. The van der Waals surface area contributed by atoms with Crippen LogP contribution in [0.15, 0.2) is 54.6 Å². The Bertz CT molecular complexity index is 906. The summed E-state index contributed by atoms with van der Waals surface area (Å²) >= 11 is 5.88. The number of rotatable bonds is 7. The van der Waals surface area contributed by atoms with Crippen molar-refractivity contribution in [3.63, 3.8) is 0 Å². The second-order valence-electron chi connectivity index (χ2n) is 8.87. The number of nitrogens with one attached hydrogen (secondary N) is 1. The summed E-state index contributed by atoms with van der Waals surface area (Å²) in [7, 11) is 0. The number of piperidine rings is 2. The van der Waals surface area contributed by atoms with Gasteiger partial charge in [-0.2, -0.15) is 0 Å². The number of hydrogen-bond acceptors (Lipinski definition) is 4. The van der Waals surface area contributed by atoms with E-state index in [4.69, 9.17) is 16.3 Å². The van der Waals surface area contributed by atoms with E-state index < -0.39 is 0 Å². The van der Waals surface area contributed by atoms with Crippen LogP contribution >= 0.6 is 11.6 Å². The molecule has 0 spiro atoms. The molecule has 2 fully saturated rings. The van der Waals surface area contributed by atoms with Crippen molar-refractivity contribution in [2.24, 2.45) is 5.92 Å². The van der Waals surface area contributed by atoms with E-state index in [0.717, 1.165) is 57.4 Å². The highest BCUT2D eigenvalue weighted by molar-refractivity contribution is 6.30. The molecule has 4 rings (SSSR count). The molecule has 2 aromatic carbocycles. The number of halogens is 1. The zero-order valence-corrected chi connectivity index (χ0v) is 19.7. The molecule has 2 heterocycles. The van der Waals surface area contributed by atoms with Gasteiger partial charge in [-0.3, -0.25) is 9.59 Å². The van der Waals surface area contributed by atoms with E-state index in [1.165, 1.54) is 0 Å². The predicted octanol–water partition coefficient (Wildman–Crippen LogP) is 3.74. The van der Waals surface area contributed by atoms with Crippen molar-refractivity contribution in [3.05, 3.63) is 65.2 Å². The van der Waals surface area contributed by atoms with Gasteiger partial charge < -0.3 is 19.9 Å². The Morgan fingerprint density at radius 3 is 2.24 bits per heavy atom. The molecule has 0 bridgehead atoms. The Labute approximate surface area is 200 Å². The zero-order valence-electron chi connectivity index (χ0n) is 18.9. The van der Waals surface area contributed by atoms with Crippen LogP contribution in [0.3, 0.4) is 0 Å². The van der Waals surface area contributed by atoms with Gasteiger partial charge in [-0.1, -0.05) is 41.9 Å². The molecule has 0 aromatic heterocycles. The van der Waals surface area contributed by atoms with E-state index in [9.17, 15) is 9.59 Å². The summed E-state index contributed by atoms with van der Waals surface area (Å²) in [6.07, 6.45) is 3.73. The quantitative estimate of drug-likeness (QED) is 0.671. The Kier molecular flexibility index (Phi) is 8.24. The summed E-state index contributed by atoms with van der Waals surface area (Å²) in [5.74, 6) is 0.937. The van der Waals surface area contributed by atoms with Gasteiger partial charge in [0.1, 0.15) is 5.75 Å². The summed E-state index contributed by atoms with van der Waals surface area (Å²) in [6.45, 7) is 4.04. The van der Waals surface area contributed by atoms with Crippen LogP contribution in [-0.4, -0.2) is 60.4 Å². The van der Waals surface area contributed by atoms with Crippen molar-refractivity contribution in [1.29, 1.82) is 0 Å². The van der Waals surface area contributed by atoms with Gasteiger partial charge in [0.2, 0.25) is 5.91 Å². The van der Waals surface area contributed by atoms with Gasteiger partial charge in [-0.05, 0) is 68.6 Å². The minimum Gasteiger partial charge on any atom is -0.484 e. The highest BCUT2D eigenvalue weighted by Crippen LogP contribution is 2.24. The first-order valence-corrected chi connectivity index (χ1v) is 12.2. The SMILES string of the molecule is O=C(NCc1ccccc1)C1CCN(C2CCN(C(=O)COc3ccc(Cl)cc3)CC2)CC1. The summed E-state index contributed by atoms with van der Waals surface area (Å²) < 4.78 is 5.60. The number of carbonyl (C=O) groups excluding carboxylic acids is 2. The molecule has 0 aliphatic carbocycles. The molecule has 2 aromatic rings. The van der Waals surface area contributed by atoms with Crippen molar-refractivity contribution in [2.75, 3.05) is 32.8 Å². The van der Waals surface area contributed by atoms with Crippen molar-refractivity contribution in [2.45, 2.75) is 38.3 Å². The topological polar surface area (TPSA) is 61.9 Å². The van der Waals surface area contributed by atoms with Crippen molar-refractivity contribution >= 4 is 23.4 Å². The van der Waals surface area contributed by atoms with Gasteiger partial charge in [-0.25, -0.2) is 0 Å². The highest BCUT2D eigenvalue weighted by atomic mass is 35.5. The molecule has 0 atom stereocenters. The number of nitrogens with zero attached hydrogens (tertiary/aromatic N) is 2. The second-order valence-corrected chi connectivity index (χ2v) is 9.30. The maximum absolute atomic E-state index is 12.6. The van der Waals surface area contributed by atoms with Crippen molar-refractivity contribution in [3.8, 4) is 5.75 Å². The Morgan fingerprint density at radius 1 is 0.909 bits per heavy atom. The predicted molar refractivity (Wildman–Crippen MR) is 129 cm³/mol. The smallest absolute Gasteiger partial charge is 0.260 e. The summed E-state index contributed by atoms with van der Waals surface area (Å²) in [6, 6.07) is 17.6. The molecular weight excluding hydrogens is 438 g/mol. The molecule has 2 amide bonds. The number of likely N-dealkylation sites (tertiary alicyclic amines) is 2. The molecule has 0 saturated carbocycles. The molecule has 1 N–H and O–H groups in total. The first-order chi connectivity index (χ1) is 16.1. The third kappa shape index (κ3) is 6.71. The van der Waals surface area contributed by atoms with Gasteiger partial charge in [-0.15, -0.1) is 0 Å². The van der Waals surface area contributed by atoms with E-state index in [-0.39, 0.29) is 24.3 Å². The lowest BCUT2D eigenvalue weighted by molar-refractivity contribution is -0.135. The minimum absolute atomic E-state index is 0.0252. The summed E-state index contributed by atoms with van der Waals surface area (Å²) in [5, 5.41) is 3.73. The van der Waals surface area contributed by atoms with E-state index in [0.29, 0.717) is 23.4 Å². The molecule has 0 radical (unpaired) electrons. The van der Waals surface area contributed by atoms with Gasteiger partial charge in [0.05, 0.1) is 0 Å². The van der Waals surface area contributed by atoms with Crippen LogP contribution in [0.25, 0.3) is 0 Å². The maximum Gasteiger partial charge on any atom is 0.260 e. The average Bonchev–Trinajstić information content (AvgIpc) is 2.87. The van der Waals surface area contributed by atoms with Crippen LogP contribution in [-0.2, 0) is 16.1 Å². The number of carbonyl (C=O) groups is 2. The number of benzene rings is 2. The number of amides is 2. The Hall–Kier alpha value is -2.57. The van der Waals surface area contributed by atoms with Crippen LogP contribution in [0.4, 0.5) is 0 Å². The fourth-order valence-corrected chi connectivity index (χ4v) is 4.83. The summed E-state index contributed by atoms with van der Waals surface area (Å²) in [5.41, 5.74) is 1.13. The van der Waals surface area contributed by atoms with Crippen LogP contribution < -0.4 is 10.1 Å². The van der Waals surface area contributed by atoms with Gasteiger partial charge >= 0.3 is 0 Å². The lowest BCUT2D eigenvalue weighted by atomic mass is 9.92. The first kappa shape index (κ1) is 23.6. The molecule has 7 heteroatoms. The van der Waals surface area contributed by atoms with E-state index in [2.05, 4.69) is 10.2 Å². The van der Waals surface area contributed by atoms with Crippen LogP contribution in [0, 0.1) is 5.92 Å². The van der Waals surface area contributed by atoms with Gasteiger partial charge in [0.25, 0.3) is 5.91 Å². The molecule has 176 valence electrons. The second kappa shape index (κ2) is 11.5. The Morgan fingerprint density at radius 2 is 1.58 bits per heavy atom. The fraction of sp³-hybridized carbons (Fsp3) is 0.462. The number of ether oxygens (including phenoxy) is 1. The van der Waals surface area contributed by atoms with Crippen molar-refractivity contribution in [1.82, 2.24) is 15.1 Å². The highest BCUT2D eigenvalue weighted by Gasteiger charge is 2.31. The largest absolute Gasteiger partial charge is 0.484 e. The van der Waals surface area contributed by atoms with Crippen LogP contribution in [0.2, 0.25) is 5.02 Å². The lowest BCUT2D eigenvalue weighted by Gasteiger charge is -2.41. The molecule has 2 aliphatic rings. The molecule has 0 unspecified atom stereocenters. The van der Waals surface area contributed by atoms with E-state index >= 15 is 0 Å². The third-order valence-corrected chi connectivity index (χ3v) is 6.97. The summed E-state index contributed by atoms with van der Waals surface area (Å²) in [4.78, 5) is 29.5. The molecule has 2 aliphatic heterocycles. The van der Waals surface area contributed by atoms with E-state index in [1.807, 2.05) is 35.2 Å². The first-order valence-electron chi connectivity index (χ1n) is 11.8. The van der Waals surface area contributed by atoms with Crippen molar-refractivity contribution < 1.29 is 14.3 Å². The number of hydrogen-bond donors (Lipinski definition) is 1. The zero-order chi connectivity index (χ0) is 23.0. The van der Waals surface area contributed by atoms with Gasteiger partial charge in [0.15, 0.2) is 6.61 Å². The van der Waals surface area contributed by atoms with E-state index in [1.54, 1.807) is 24.3 Å². The van der Waals surface area contributed by atoms with Gasteiger partial charge in [0, 0.05) is 36.6 Å². The third-order valence-electron chi connectivity index (χ3n) is 6.72. The maximum atomic E-state index is 12.6. The van der Waals surface area contributed by atoms with Crippen LogP contribution in [0.5, 0.6) is 5.75 Å². The molecule has 6 nitrogen and oxygen atoms in total. The normalized spacial score (nSPS) is 18.2. The Balaban J connectivity index is 1.14. The molecule has 33 heavy (non-hydrogen) atoms. The molecular formula is C26H32ClN3O3. The minimum atomic E-state index is 0.0252. The lowest BCUT2D eigenvalue weighted by Crippen LogP contribution is -2.50. The monoisotopic (exact) mass is 469 g/mol. The molecule has 2 saturated heterocycles. The average molecular weight is 470 g/mol.